The second-order valence-electron chi connectivity index (χ2n) is 8.26. The molecular weight excluding hydrogens is 410 g/mol. The highest BCUT2D eigenvalue weighted by molar-refractivity contribution is 6.08. The van der Waals surface area contributed by atoms with Gasteiger partial charge in [0.2, 0.25) is 0 Å². The van der Waals surface area contributed by atoms with Gasteiger partial charge in [0.05, 0.1) is 48.6 Å². The van der Waals surface area contributed by atoms with Gasteiger partial charge in [-0.2, -0.15) is 5.10 Å². The van der Waals surface area contributed by atoms with Crippen LogP contribution in [0.2, 0.25) is 0 Å². The molecule has 32 heavy (non-hydrogen) atoms. The maximum absolute atomic E-state index is 13.5. The molecule has 0 unspecified atom stereocenters. The van der Waals surface area contributed by atoms with Gasteiger partial charge in [0.15, 0.2) is 0 Å². The predicted octanol–water partition coefficient (Wildman–Crippen LogP) is 2.20. The molecule has 4 rings (SSSR count). The van der Waals surface area contributed by atoms with Crippen molar-refractivity contribution in [2.45, 2.75) is 50.7 Å². The largest absolute Gasteiger partial charge is 0.396 e. The van der Waals surface area contributed by atoms with E-state index in [0.717, 1.165) is 5.56 Å². The minimum Gasteiger partial charge on any atom is -0.396 e. The Morgan fingerprint density at radius 3 is 2.72 bits per heavy atom. The number of aliphatic hydroxyl groups is 2. The summed E-state index contributed by atoms with van der Waals surface area (Å²) in [5, 5.41) is 27.6. The maximum atomic E-state index is 13.5. The average Bonchev–Trinajstić information content (AvgIpc) is 3.22. The monoisotopic (exact) mass is 437 g/mol. The van der Waals surface area contributed by atoms with E-state index in [0.29, 0.717) is 11.3 Å². The van der Waals surface area contributed by atoms with Crippen molar-refractivity contribution in [3.63, 3.8) is 0 Å². The SMILES string of the molecule is C[C@H]1O[C@@H](c2ccncc2N(Cc2ccccc2)C(=O)c2[nH]ncc2N)C[C@@H](O)[C@]1(C)O. The average molecular weight is 438 g/mol. The van der Waals surface area contributed by atoms with Gasteiger partial charge in [-0.25, -0.2) is 0 Å². The van der Waals surface area contributed by atoms with Crippen molar-refractivity contribution in [3.8, 4) is 0 Å². The first kappa shape index (κ1) is 21.9. The van der Waals surface area contributed by atoms with Gasteiger partial charge in [-0.05, 0) is 25.5 Å². The molecule has 4 atom stereocenters. The van der Waals surface area contributed by atoms with Gasteiger partial charge >= 0.3 is 0 Å². The van der Waals surface area contributed by atoms with E-state index in [4.69, 9.17) is 10.5 Å². The highest BCUT2D eigenvalue weighted by Gasteiger charge is 2.45. The molecule has 5 N–H and O–H groups in total. The molecular formula is C23H27N5O4. The molecule has 1 aromatic carbocycles. The number of nitrogens with two attached hydrogens (primary N) is 1. The molecule has 1 aliphatic heterocycles. The van der Waals surface area contributed by atoms with Crippen LogP contribution in [-0.2, 0) is 11.3 Å². The molecule has 2 aromatic heterocycles. The molecule has 0 spiro atoms. The van der Waals surface area contributed by atoms with E-state index in [1.54, 1.807) is 37.2 Å². The van der Waals surface area contributed by atoms with Gasteiger partial charge in [0.25, 0.3) is 5.91 Å². The Morgan fingerprint density at radius 1 is 1.31 bits per heavy atom. The fourth-order valence-corrected chi connectivity index (χ4v) is 3.88. The molecule has 1 amide bonds. The Morgan fingerprint density at radius 2 is 2.06 bits per heavy atom. The van der Waals surface area contributed by atoms with Crippen LogP contribution in [0.15, 0.2) is 55.0 Å². The number of hydrogen-bond donors (Lipinski definition) is 4. The van der Waals surface area contributed by atoms with Gasteiger partial charge in [-0.15, -0.1) is 0 Å². The number of hydrogen-bond acceptors (Lipinski definition) is 7. The van der Waals surface area contributed by atoms with Crippen LogP contribution in [0.1, 0.15) is 48.0 Å². The van der Waals surface area contributed by atoms with Crippen molar-refractivity contribution in [2.75, 3.05) is 10.6 Å². The van der Waals surface area contributed by atoms with Crippen molar-refractivity contribution in [1.29, 1.82) is 0 Å². The zero-order chi connectivity index (χ0) is 22.9. The molecule has 1 fully saturated rings. The third kappa shape index (κ3) is 4.10. The number of pyridine rings is 1. The normalized spacial score (nSPS) is 25.4. The van der Waals surface area contributed by atoms with E-state index in [-0.39, 0.29) is 30.3 Å². The standard InChI is InChI=1S/C23H27N5O4/c1-14-23(2,31)20(29)10-19(32-14)16-8-9-25-12-18(16)28(13-15-6-4-3-5-7-15)22(30)21-17(24)11-26-27-21/h3-9,11-12,14,19-20,29,31H,10,13,24H2,1-2H3,(H,26,27)/t14-,19-,20-,23-/m1/s1. The van der Waals surface area contributed by atoms with Gasteiger partial charge in [-0.3, -0.25) is 14.9 Å². The number of amides is 1. The zero-order valence-electron chi connectivity index (χ0n) is 18.0. The number of carbonyl (C=O) groups excluding carboxylic acids is 1. The van der Waals surface area contributed by atoms with E-state index in [2.05, 4.69) is 15.2 Å². The Hall–Kier alpha value is -3.27. The van der Waals surface area contributed by atoms with Crippen LogP contribution in [0.5, 0.6) is 0 Å². The molecule has 9 heteroatoms. The second kappa shape index (κ2) is 8.70. The minimum atomic E-state index is -1.37. The summed E-state index contributed by atoms with van der Waals surface area (Å²) >= 11 is 0. The summed E-state index contributed by atoms with van der Waals surface area (Å²) in [7, 11) is 0. The number of anilines is 2. The Labute approximate surface area is 185 Å². The fraction of sp³-hybridized carbons (Fsp3) is 0.348. The summed E-state index contributed by atoms with van der Waals surface area (Å²) in [5.41, 5.74) is 7.13. The van der Waals surface area contributed by atoms with E-state index in [1.807, 2.05) is 30.3 Å². The van der Waals surface area contributed by atoms with E-state index in [1.165, 1.54) is 6.20 Å². The number of carbonyl (C=O) groups is 1. The summed E-state index contributed by atoms with van der Waals surface area (Å²) < 4.78 is 6.07. The lowest BCUT2D eigenvalue weighted by atomic mass is 9.84. The summed E-state index contributed by atoms with van der Waals surface area (Å²) in [6.45, 7) is 3.53. The van der Waals surface area contributed by atoms with Gasteiger partial charge < -0.3 is 25.6 Å². The Balaban J connectivity index is 1.75. The molecule has 3 aromatic rings. The first-order valence-electron chi connectivity index (χ1n) is 10.4. The Bertz CT molecular complexity index is 1070. The second-order valence-corrected chi connectivity index (χ2v) is 8.26. The summed E-state index contributed by atoms with van der Waals surface area (Å²) in [5.74, 6) is -0.366. The lowest BCUT2D eigenvalue weighted by Gasteiger charge is -2.43. The summed E-state index contributed by atoms with van der Waals surface area (Å²) in [6, 6.07) is 11.3. The minimum absolute atomic E-state index is 0.175. The van der Waals surface area contributed by atoms with E-state index in [9.17, 15) is 15.0 Å². The highest BCUT2D eigenvalue weighted by atomic mass is 16.5. The number of aromatic amines is 1. The molecule has 0 radical (unpaired) electrons. The lowest BCUT2D eigenvalue weighted by molar-refractivity contribution is -0.215. The number of H-pyrrole nitrogens is 1. The van der Waals surface area contributed by atoms with Crippen molar-refractivity contribution in [1.82, 2.24) is 15.2 Å². The first-order valence-corrected chi connectivity index (χ1v) is 10.4. The summed E-state index contributed by atoms with van der Waals surface area (Å²) in [4.78, 5) is 19.3. The van der Waals surface area contributed by atoms with Crippen LogP contribution in [-0.4, -0.2) is 49.1 Å². The molecule has 168 valence electrons. The third-order valence-electron chi connectivity index (χ3n) is 6.09. The van der Waals surface area contributed by atoms with E-state index < -0.39 is 23.9 Å². The Kier molecular flexibility index (Phi) is 5.96. The van der Waals surface area contributed by atoms with Gasteiger partial charge in [-0.1, -0.05) is 30.3 Å². The van der Waals surface area contributed by atoms with Crippen molar-refractivity contribution in [2.24, 2.45) is 0 Å². The number of benzene rings is 1. The number of nitrogens with zero attached hydrogens (tertiary/aromatic N) is 3. The predicted molar refractivity (Wildman–Crippen MR) is 119 cm³/mol. The number of ether oxygens (including phenoxy) is 1. The first-order chi connectivity index (χ1) is 15.3. The molecule has 0 saturated carbocycles. The van der Waals surface area contributed by atoms with Crippen LogP contribution < -0.4 is 10.6 Å². The van der Waals surface area contributed by atoms with Crippen molar-refractivity contribution < 1.29 is 19.7 Å². The third-order valence-corrected chi connectivity index (χ3v) is 6.09. The molecule has 0 bridgehead atoms. The lowest BCUT2D eigenvalue weighted by Crippen LogP contribution is -2.54. The molecule has 1 aliphatic rings. The number of rotatable bonds is 5. The van der Waals surface area contributed by atoms with E-state index >= 15 is 0 Å². The molecule has 9 nitrogen and oxygen atoms in total. The molecule has 0 aliphatic carbocycles. The van der Waals surface area contributed by atoms with Crippen LogP contribution >= 0.6 is 0 Å². The number of nitrogens with one attached hydrogen (secondary N) is 1. The number of nitrogen functional groups attached to an aromatic ring is 1. The van der Waals surface area contributed by atoms with Crippen molar-refractivity contribution >= 4 is 17.3 Å². The van der Waals surface area contributed by atoms with Crippen molar-refractivity contribution in [3.05, 3.63) is 71.8 Å². The fourth-order valence-electron chi connectivity index (χ4n) is 3.88. The van der Waals surface area contributed by atoms with Crippen LogP contribution in [0, 0.1) is 0 Å². The number of aromatic nitrogens is 3. The molecule has 3 heterocycles. The number of aliphatic hydroxyl groups excluding tert-OH is 1. The summed E-state index contributed by atoms with van der Waals surface area (Å²) in [6.07, 6.45) is 2.63. The molecule has 1 saturated heterocycles. The topological polar surface area (TPSA) is 138 Å². The highest BCUT2D eigenvalue weighted by Crippen LogP contribution is 2.40. The smallest absolute Gasteiger partial charge is 0.278 e. The van der Waals surface area contributed by atoms with Gasteiger partial charge in [0.1, 0.15) is 11.3 Å². The van der Waals surface area contributed by atoms with Crippen LogP contribution in [0.4, 0.5) is 11.4 Å². The van der Waals surface area contributed by atoms with Crippen LogP contribution in [0.3, 0.4) is 0 Å². The van der Waals surface area contributed by atoms with Crippen LogP contribution in [0.25, 0.3) is 0 Å². The maximum Gasteiger partial charge on any atom is 0.278 e. The zero-order valence-corrected chi connectivity index (χ0v) is 18.0. The quantitative estimate of drug-likeness (QED) is 0.480. The van der Waals surface area contributed by atoms with Gasteiger partial charge in [0, 0.05) is 18.2 Å².